The summed E-state index contributed by atoms with van der Waals surface area (Å²) in [5, 5.41) is 8.90. The molecule has 3 nitrogen and oxygen atoms in total. The highest BCUT2D eigenvalue weighted by atomic mass is 16.3. The molecular formula is C13H27NO2. The van der Waals surface area contributed by atoms with Crippen LogP contribution in [0, 0.1) is 0 Å². The van der Waals surface area contributed by atoms with E-state index in [1.807, 2.05) is 6.92 Å². The molecule has 0 aromatic heterocycles. The lowest BCUT2D eigenvalue weighted by atomic mass is 10.1. The molecule has 0 rings (SSSR count). The lowest BCUT2D eigenvalue weighted by Gasteiger charge is -2.17. The Morgan fingerprint density at radius 3 is 2.06 bits per heavy atom. The average Bonchev–Trinajstić information content (AvgIpc) is 2.29. The van der Waals surface area contributed by atoms with Crippen LogP contribution in [-0.2, 0) is 4.79 Å². The molecule has 0 heterocycles. The van der Waals surface area contributed by atoms with Gasteiger partial charge in [-0.1, -0.05) is 45.4 Å². The quantitative estimate of drug-likeness (QED) is 0.462. The second-order valence-electron chi connectivity index (χ2n) is 4.26. The normalized spacial score (nSPS) is 10.4. The molecular weight excluding hydrogens is 202 g/mol. The van der Waals surface area contributed by atoms with Gasteiger partial charge >= 0.3 is 0 Å². The summed E-state index contributed by atoms with van der Waals surface area (Å²) < 4.78 is 0. The number of nitrogens with zero attached hydrogens (tertiary/aromatic N) is 1. The molecule has 0 saturated carbocycles. The van der Waals surface area contributed by atoms with Gasteiger partial charge in [-0.25, -0.2) is 0 Å². The van der Waals surface area contributed by atoms with Gasteiger partial charge in [0.2, 0.25) is 5.91 Å². The minimum atomic E-state index is -0.147. The summed E-state index contributed by atoms with van der Waals surface area (Å²) in [5.74, 6) is 0.0820. The summed E-state index contributed by atoms with van der Waals surface area (Å²) in [7, 11) is 0. The molecule has 0 saturated heterocycles. The fraction of sp³-hybridized carbons (Fsp3) is 0.923. The van der Waals surface area contributed by atoms with Crippen LogP contribution in [0.1, 0.15) is 65.2 Å². The maximum absolute atomic E-state index is 11.5. The molecule has 0 aromatic carbocycles. The summed E-state index contributed by atoms with van der Waals surface area (Å²) in [6.07, 6.45) is 9.13. The van der Waals surface area contributed by atoms with E-state index in [1.165, 1.54) is 37.0 Å². The Kier molecular flexibility index (Phi) is 10.5. The molecule has 1 amide bonds. The molecule has 0 unspecified atom stereocenters. The van der Waals surface area contributed by atoms with Crippen LogP contribution >= 0.6 is 0 Å². The van der Waals surface area contributed by atoms with Crippen LogP contribution in [-0.4, -0.2) is 29.2 Å². The van der Waals surface area contributed by atoms with Crippen molar-refractivity contribution in [3.05, 3.63) is 0 Å². The fourth-order valence-electron chi connectivity index (χ4n) is 1.75. The Morgan fingerprint density at radius 1 is 1.00 bits per heavy atom. The van der Waals surface area contributed by atoms with Gasteiger partial charge in [0.05, 0.1) is 0 Å². The molecule has 1 N–H and O–H groups in total. The number of carbonyl (C=O) groups is 1. The second kappa shape index (κ2) is 10.9. The predicted octanol–water partition coefficient (Wildman–Crippen LogP) is 2.93. The Bertz CT molecular complexity index is 167. The number of unbranched alkanes of at least 4 members (excludes halogenated alkanes) is 6. The lowest BCUT2D eigenvalue weighted by molar-refractivity contribution is -0.134. The SMILES string of the molecule is CCCCCCCCCC(=O)N(CC)CO. The molecule has 0 spiro atoms. The average molecular weight is 229 g/mol. The van der Waals surface area contributed by atoms with Crippen LogP contribution in [0.5, 0.6) is 0 Å². The molecule has 96 valence electrons. The summed E-state index contributed by atoms with van der Waals surface area (Å²) in [6, 6.07) is 0. The van der Waals surface area contributed by atoms with Gasteiger partial charge in [-0.3, -0.25) is 4.79 Å². The van der Waals surface area contributed by atoms with Gasteiger partial charge in [0.15, 0.2) is 0 Å². The third-order valence-corrected chi connectivity index (χ3v) is 2.90. The van der Waals surface area contributed by atoms with Crippen molar-refractivity contribution in [2.24, 2.45) is 0 Å². The van der Waals surface area contributed by atoms with Crippen molar-refractivity contribution in [3.63, 3.8) is 0 Å². The standard InChI is InChI=1S/C13H27NO2/c1-3-5-6-7-8-9-10-11-13(16)14(4-2)12-15/h15H,3-12H2,1-2H3. The highest BCUT2D eigenvalue weighted by Crippen LogP contribution is 2.09. The van der Waals surface area contributed by atoms with Gasteiger partial charge in [-0.15, -0.1) is 0 Å². The number of amides is 1. The summed E-state index contributed by atoms with van der Waals surface area (Å²) in [5.41, 5.74) is 0. The number of aliphatic hydroxyl groups is 1. The number of carbonyl (C=O) groups excluding carboxylic acids is 1. The maximum atomic E-state index is 11.5. The van der Waals surface area contributed by atoms with E-state index in [4.69, 9.17) is 5.11 Å². The monoisotopic (exact) mass is 229 g/mol. The third-order valence-electron chi connectivity index (χ3n) is 2.90. The first-order valence-corrected chi connectivity index (χ1v) is 6.64. The first kappa shape index (κ1) is 15.4. The van der Waals surface area contributed by atoms with Crippen molar-refractivity contribution in [3.8, 4) is 0 Å². The van der Waals surface area contributed by atoms with E-state index in [-0.39, 0.29) is 12.6 Å². The zero-order valence-corrected chi connectivity index (χ0v) is 10.9. The Balaban J connectivity index is 3.33. The zero-order valence-electron chi connectivity index (χ0n) is 10.9. The van der Waals surface area contributed by atoms with Crippen molar-refractivity contribution >= 4 is 5.91 Å². The van der Waals surface area contributed by atoms with E-state index in [0.29, 0.717) is 13.0 Å². The van der Waals surface area contributed by atoms with E-state index in [0.717, 1.165) is 12.8 Å². The fourth-order valence-corrected chi connectivity index (χ4v) is 1.75. The third kappa shape index (κ3) is 7.69. The summed E-state index contributed by atoms with van der Waals surface area (Å²) >= 11 is 0. The van der Waals surface area contributed by atoms with Crippen molar-refractivity contribution in [1.29, 1.82) is 0 Å². The molecule has 0 atom stereocenters. The zero-order chi connectivity index (χ0) is 12.2. The smallest absolute Gasteiger partial charge is 0.224 e. The van der Waals surface area contributed by atoms with Gasteiger partial charge in [0.25, 0.3) is 0 Å². The van der Waals surface area contributed by atoms with Crippen LogP contribution in [0.2, 0.25) is 0 Å². The molecule has 0 aliphatic rings. The van der Waals surface area contributed by atoms with E-state index in [2.05, 4.69) is 6.92 Å². The van der Waals surface area contributed by atoms with Crippen LogP contribution < -0.4 is 0 Å². The molecule has 0 aromatic rings. The van der Waals surface area contributed by atoms with Gasteiger partial charge in [0, 0.05) is 13.0 Å². The topological polar surface area (TPSA) is 40.5 Å². The largest absolute Gasteiger partial charge is 0.376 e. The van der Waals surface area contributed by atoms with E-state index >= 15 is 0 Å². The van der Waals surface area contributed by atoms with Gasteiger partial charge in [-0.2, -0.15) is 0 Å². The number of rotatable bonds is 10. The highest BCUT2D eigenvalue weighted by molar-refractivity contribution is 5.75. The van der Waals surface area contributed by atoms with Crippen LogP contribution in [0.25, 0.3) is 0 Å². The van der Waals surface area contributed by atoms with E-state index in [9.17, 15) is 4.79 Å². The minimum Gasteiger partial charge on any atom is -0.376 e. The summed E-state index contributed by atoms with van der Waals surface area (Å²) in [6.45, 7) is 4.56. The number of hydrogen-bond acceptors (Lipinski definition) is 2. The first-order valence-electron chi connectivity index (χ1n) is 6.64. The van der Waals surface area contributed by atoms with Crippen molar-refractivity contribution in [1.82, 2.24) is 4.90 Å². The van der Waals surface area contributed by atoms with Crippen LogP contribution in [0.3, 0.4) is 0 Å². The van der Waals surface area contributed by atoms with Crippen molar-refractivity contribution in [2.45, 2.75) is 65.2 Å². The molecule has 0 aliphatic heterocycles. The molecule has 0 bridgehead atoms. The lowest BCUT2D eigenvalue weighted by Crippen LogP contribution is -2.31. The molecule has 16 heavy (non-hydrogen) atoms. The number of hydrogen-bond donors (Lipinski definition) is 1. The predicted molar refractivity (Wildman–Crippen MR) is 67.1 cm³/mol. The summed E-state index contributed by atoms with van der Waals surface area (Å²) in [4.78, 5) is 13.0. The van der Waals surface area contributed by atoms with E-state index < -0.39 is 0 Å². The Labute approximate surface area is 99.8 Å². The second-order valence-corrected chi connectivity index (χ2v) is 4.26. The Hall–Kier alpha value is -0.570. The Morgan fingerprint density at radius 2 is 1.56 bits per heavy atom. The van der Waals surface area contributed by atoms with Crippen LogP contribution in [0.15, 0.2) is 0 Å². The molecule has 0 fully saturated rings. The minimum absolute atomic E-state index is 0.0820. The van der Waals surface area contributed by atoms with E-state index in [1.54, 1.807) is 0 Å². The van der Waals surface area contributed by atoms with Crippen molar-refractivity contribution < 1.29 is 9.90 Å². The van der Waals surface area contributed by atoms with Crippen LogP contribution in [0.4, 0.5) is 0 Å². The van der Waals surface area contributed by atoms with Crippen molar-refractivity contribution in [2.75, 3.05) is 13.3 Å². The van der Waals surface area contributed by atoms with Gasteiger partial charge in [-0.05, 0) is 13.3 Å². The number of aliphatic hydroxyl groups excluding tert-OH is 1. The van der Waals surface area contributed by atoms with Gasteiger partial charge < -0.3 is 10.0 Å². The molecule has 0 aliphatic carbocycles. The maximum Gasteiger partial charge on any atom is 0.224 e. The molecule has 0 radical (unpaired) electrons. The first-order chi connectivity index (χ1) is 7.76. The highest BCUT2D eigenvalue weighted by Gasteiger charge is 2.08. The van der Waals surface area contributed by atoms with Gasteiger partial charge in [0.1, 0.15) is 6.73 Å². The molecule has 3 heteroatoms.